The first-order valence-electron chi connectivity index (χ1n) is 3.86. The van der Waals surface area contributed by atoms with Gasteiger partial charge in [0.15, 0.2) is 11.5 Å². The maximum Gasteiger partial charge on any atom is 0.311 e. The number of esters is 1. The zero-order chi connectivity index (χ0) is 9.84. The van der Waals surface area contributed by atoms with Crippen LogP contribution in [0.2, 0.25) is 0 Å². The SMILES string of the molecule is CCC(=O)Oc1ccc(O)cc1O. The summed E-state index contributed by atoms with van der Waals surface area (Å²) in [5.74, 6) is -0.693. The monoisotopic (exact) mass is 182 g/mol. The highest BCUT2D eigenvalue weighted by molar-refractivity contribution is 5.72. The van der Waals surface area contributed by atoms with Gasteiger partial charge in [-0.1, -0.05) is 6.92 Å². The van der Waals surface area contributed by atoms with Crippen molar-refractivity contribution in [1.82, 2.24) is 0 Å². The van der Waals surface area contributed by atoms with Gasteiger partial charge >= 0.3 is 5.97 Å². The number of phenolic OH excluding ortho intramolecular Hbond substituents is 2. The van der Waals surface area contributed by atoms with Crippen molar-refractivity contribution in [2.75, 3.05) is 0 Å². The van der Waals surface area contributed by atoms with Gasteiger partial charge in [-0.15, -0.1) is 0 Å². The van der Waals surface area contributed by atoms with Crippen LogP contribution in [0, 0.1) is 0 Å². The fourth-order valence-corrected chi connectivity index (χ4v) is 0.787. The van der Waals surface area contributed by atoms with Crippen LogP contribution in [0.5, 0.6) is 17.2 Å². The molecule has 0 saturated carbocycles. The number of hydrogen-bond donors (Lipinski definition) is 2. The Morgan fingerprint density at radius 1 is 1.46 bits per heavy atom. The molecule has 0 spiro atoms. The number of phenols is 2. The second-order valence-electron chi connectivity index (χ2n) is 2.48. The van der Waals surface area contributed by atoms with Gasteiger partial charge in [0.25, 0.3) is 0 Å². The molecule has 0 aliphatic carbocycles. The van der Waals surface area contributed by atoms with Crippen molar-refractivity contribution < 1.29 is 19.7 Å². The number of benzene rings is 1. The molecule has 0 heterocycles. The summed E-state index contributed by atoms with van der Waals surface area (Å²) in [6, 6.07) is 3.77. The van der Waals surface area contributed by atoms with E-state index in [1.807, 2.05) is 0 Å². The van der Waals surface area contributed by atoms with E-state index >= 15 is 0 Å². The molecular formula is C9H10O4. The van der Waals surface area contributed by atoms with E-state index in [1.165, 1.54) is 12.1 Å². The Balaban J connectivity index is 2.83. The maximum atomic E-state index is 10.8. The van der Waals surface area contributed by atoms with Crippen LogP contribution in [0.1, 0.15) is 13.3 Å². The Hall–Kier alpha value is -1.71. The average Bonchev–Trinajstić information content (AvgIpc) is 2.09. The Morgan fingerprint density at radius 2 is 2.15 bits per heavy atom. The van der Waals surface area contributed by atoms with Crippen LogP contribution < -0.4 is 4.74 Å². The van der Waals surface area contributed by atoms with E-state index in [2.05, 4.69) is 0 Å². The minimum Gasteiger partial charge on any atom is -0.508 e. The fraction of sp³-hybridized carbons (Fsp3) is 0.222. The first-order chi connectivity index (χ1) is 6.13. The third-order valence-electron chi connectivity index (χ3n) is 1.45. The topological polar surface area (TPSA) is 66.8 Å². The van der Waals surface area contributed by atoms with E-state index in [4.69, 9.17) is 9.84 Å². The highest BCUT2D eigenvalue weighted by Crippen LogP contribution is 2.29. The lowest BCUT2D eigenvalue weighted by Crippen LogP contribution is -2.05. The highest BCUT2D eigenvalue weighted by atomic mass is 16.5. The molecule has 0 aromatic heterocycles. The summed E-state index contributed by atoms with van der Waals surface area (Å²) in [5, 5.41) is 18.1. The van der Waals surface area contributed by atoms with Crippen LogP contribution in [0.25, 0.3) is 0 Å². The number of aromatic hydroxyl groups is 2. The quantitative estimate of drug-likeness (QED) is 0.536. The van der Waals surface area contributed by atoms with Crippen molar-refractivity contribution in [3.63, 3.8) is 0 Å². The minimum atomic E-state index is -0.430. The fourth-order valence-electron chi connectivity index (χ4n) is 0.787. The summed E-state index contributed by atoms with van der Waals surface area (Å²) in [4.78, 5) is 10.8. The Morgan fingerprint density at radius 3 is 2.69 bits per heavy atom. The zero-order valence-corrected chi connectivity index (χ0v) is 7.15. The van der Waals surface area contributed by atoms with Crippen molar-refractivity contribution in [1.29, 1.82) is 0 Å². The van der Waals surface area contributed by atoms with E-state index in [0.717, 1.165) is 6.07 Å². The second kappa shape index (κ2) is 3.80. The molecule has 70 valence electrons. The second-order valence-corrected chi connectivity index (χ2v) is 2.48. The Bertz CT molecular complexity index is 319. The van der Waals surface area contributed by atoms with Gasteiger partial charge in [-0.05, 0) is 12.1 Å². The van der Waals surface area contributed by atoms with Gasteiger partial charge in [0.05, 0.1) is 0 Å². The molecule has 13 heavy (non-hydrogen) atoms. The first-order valence-corrected chi connectivity index (χ1v) is 3.86. The Labute approximate surface area is 75.4 Å². The van der Waals surface area contributed by atoms with Gasteiger partial charge in [-0.2, -0.15) is 0 Å². The van der Waals surface area contributed by atoms with E-state index in [0.29, 0.717) is 0 Å². The molecule has 2 N–H and O–H groups in total. The average molecular weight is 182 g/mol. The summed E-state index contributed by atoms with van der Waals surface area (Å²) in [6.45, 7) is 1.65. The zero-order valence-electron chi connectivity index (χ0n) is 7.15. The molecule has 0 unspecified atom stereocenters. The molecule has 4 nitrogen and oxygen atoms in total. The van der Waals surface area contributed by atoms with Crippen molar-refractivity contribution in [2.45, 2.75) is 13.3 Å². The molecule has 1 aromatic carbocycles. The van der Waals surface area contributed by atoms with Gasteiger partial charge in [0.2, 0.25) is 0 Å². The molecule has 0 bridgehead atoms. The van der Waals surface area contributed by atoms with Crippen LogP contribution in [0.3, 0.4) is 0 Å². The summed E-state index contributed by atoms with van der Waals surface area (Å²) in [6.07, 6.45) is 0.236. The van der Waals surface area contributed by atoms with Crippen LogP contribution in [-0.2, 0) is 4.79 Å². The molecule has 1 rings (SSSR count). The lowest BCUT2D eigenvalue weighted by molar-refractivity contribution is -0.134. The van der Waals surface area contributed by atoms with Crippen LogP contribution >= 0.6 is 0 Å². The van der Waals surface area contributed by atoms with Crippen molar-refractivity contribution in [2.24, 2.45) is 0 Å². The molecule has 0 aliphatic rings. The predicted octanol–water partition coefficient (Wildman–Crippen LogP) is 1.41. The lowest BCUT2D eigenvalue weighted by Gasteiger charge is -2.04. The normalized spacial score (nSPS) is 9.62. The smallest absolute Gasteiger partial charge is 0.311 e. The van der Waals surface area contributed by atoms with Gasteiger partial charge in [0, 0.05) is 12.5 Å². The highest BCUT2D eigenvalue weighted by Gasteiger charge is 2.06. The number of ether oxygens (including phenoxy) is 1. The van der Waals surface area contributed by atoms with E-state index in [-0.39, 0.29) is 23.7 Å². The summed E-state index contributed by atoms with van der Waals surface area (Å²) < 4.78 is 4.75. The first kappa shape index (κ1) is 9.38. The largest absolute Gasteiger partial charge is 0.508 e. The molecule has 0 radical (unpaired) electrons. The van der Waals surface area contributed by atoms with Crippen molar-refractivity contribution >= 4 is 5.97 Å². The van der Waals surface area contributed by atoms with E-state index < -0.39 is 5.97 Å². The summed E-state index contributed by atoms with van der Waals surface area (Å²) >= 11 is 0. The molecule has 4 heteroatoms. The van der Waals surface area contributed by atoms with Gasteiger partial charge in [0.1, 0.15) is 5.75 Å². The lowest BCUT2D eigenvalue weighted by atomic mass is 10.3. The molecule has 0 saturated heterocycles. The van der Waals surface area contributed by atoms with Gasteiger partial charge < -0.3 is 14.9 Å². The Kier molecular flexibility index (Phi) is 2.74. The molecular weight excluding hydrogens is 172 g/mol. The predicted molar refractivity (Wildman–Crippen MR) is 45.7 cm³/mol. The third kappa shape index (κ3) is 2.37. The van der Waals surface area contributed by atoms with Crippen molar-refractivity contribution in [3.8, 4) is 17.2 Å². The number of rotatable bonds is 2. The van der Waals surface area contributed by atoms with Gasteiger partial charge in [-0.25, -0.2) is 0 Å². The molecule has 0 fully saturated rings. The van der Waals surface area contributed by atoms with E-state index in [1.54, 1.807) is 6.92 Å². The molecule has 0 aliphatic heterocycles. The van der Waals surface area contributed by atoms with E-state index in [9.17, 15) is 9.90 Å². The number of hydrogen-bond acceptors (Lipinski definition) is 4. The van der Waals surface area contributed by atoms with Crippen LogP contribution in [0.4, 0.5) is 0 Å². The summed E-state index contributed by atoms with van der Waals surface area (Å²) in [5.41, 5.74) is 0. The minimum absolute atomic E-state index is 0.0599. The molecule has 0 atom stereocenters. The van der Waals surface area contributed by atoms with Crippen LogP contribution in [-0.4, -0.2) is 16.2 Å². The van der Waals surface area contributed by atoms with Crippen molar-refractivity contribution in [3.05, 3.63) is 18.2 Å². The summed E-state index contributed by atoms with van der Waals surface area (Å²) in [7, 11) is 0. The molecule has 1 aromatic rings. The maximum absolute atomic E-state index is 10.8. The standard InChI is InChI=1S/C9H10O4/c1-2-9(12)13-8-4-3-6(10)5-7(8)11/h3-5,10-11H,2H2,1H3. The number of carbonyl (C=O) groups is 1. The number of carbonyl (C=O) groups excluding carboxylic acids is 1. The van der Waals surface area contributed by atoms with Gasteiger partial charge in [-0.3, -0.25) is 4.79 Å². The molecule has 0 amide bonds. The third-order valence-corrected chi connectivity index (χ3v) is 1.45. The van der Waals surface area contributed by atoms with Crippen LogP contribution in [0.15, 0.2) is 18.2 Å².